The van der Waals surface area contributed by atoms with Gasteiger partial charge >= 0.3 is 6.03 Å². The average molecular weight is 302 g/mol. The molecule has 4 fully saturated rings. The van der Waals surface area contributed by atoms with Crippen LogP contribution >= 0.6 is 0 Å². The van der Waals surface area contributed by atoms with Crippen LogP contribution in [0.2, 0.25) is 0 Å². The largest absolute Gasteiger partial charge is 0.337 e. The Kier molecular flexibility index (Phi) is 2.34. The normalized spacial score (nSPS) is 27.4. The fraction of sp³-hybridized carbons (Fsp3) is 0.733. The van der Waals surface area contributed by atoms with Crippen LogP contribution in [0, 0.1) is 11.8 Å². The molecule has 0 atom stereocenters. The summed E-state index contributed by atoms with van der Waals surface area (Å²) < 4.78 is 5.21. The minimum absolute atomic E-state index is 0.0889. The molecule has 1 aromatic heterocycles. The molecular formula is C15H18N4O3. The minimum atomic E-state index is -0.642. The van der Waals surface area contributed by atoms with Gasteiger partial charge in [-0.15, -0.1) is 0 Å². The fourth-order valence-electron chi connectivity index (χ4n) is 3.70. The number of amides is 3. The first kappa shape index (κ1) is 12.6. The minimum Gasteiger partial charge on any atom is -0.337 e. The molecule has 0 radical (unpaired) electrons. The molecule has 4 aliphatic rings. The van der Waals surface area contributed by atoms with Crippen molar-refractivity contribution >= 4 is 11.9 Å². The molecule has 2 heterocycles. The molecule has 22 heavy (non-hydrogen) atoms. The lowest BCUT2D eigenvalue weighted by atomic mass is 9.87. The molecule has 7 heteroatoms. The summed E-state index contributed by atoms with van der Waals surface area (Å²) in [6, 6.07) is -0.310. The summed E-state index contributed by atoms with van der Waals surface area (Å²) in [6.07, 6.45) is 6.31. The first-order valence-electron chi connectivity index (χ1n) is 8.15. The standard InChI is InChI=1S/C15H18N4O3/c20-13-15(9-3-4-9,10-5-6-10)17-14(21)19(13)7-11-16-12(18-22-11)8-1-2-8/h8-10H,1-7H2,(H,17,21). The van der Waals surface area contributed by atoms with Crippen molar-refractivity contribution in [2.45, 2.75) is 56.5 Å². The van der Waals surface area contributed by atoms with Crippen LogP contribution < -0.4 is 5.32 Å². The van der Waals surface area contributed by atoms with Gasteiger partial charge in [-0.2, -0.15) is 4.98 Å². The molecule has 0 spiro atoms. The van der Waals surface area contributed by atoms with E-state index in [0.717, 1.165) is 38.5 Å². The van der Waals surface area contributed by atoms with Gasteiger partial charge < -0.3 is 9.84 Å². The third-order valence-electron chi connectivity index (χ3n) is 5.32. The number of nitrogens with zero attached hydrogens (tertiary/aromatic N) is 3. The van der Waals surface area contributed by atoms with Gasteiger partial charge in [0.25, 0.3) is 5.91 Å². The van der Waals surface area contributed by atoms with E-state index in [0.29, 0.717) is 29.5 Å². The van der Waals surface area contributed by atoms with E-state index < -0.39 is 5.54 Å². The Labute approximate surface area is 127 Å². The van der Waals surface area contributed by atoms with Crippen LogP contribution in [-0.4, -0.2) is 32.5 Å². The Morgan fingerprint density at radius 1 is 1.14 bits per heavy atom. The van der Waals surface area contributed by atoms with E-state index in [1.807, 2.05) is 0 Å². The summed E-state index contributed by atoms with van der Waals surface area (Å²) >= 11 is 0. The number of carbonyl (C=O) groups is 2. The molecule has 1 N–H and O–H groups in total. The van der Waals surface area contributed by atoms with E-state index in [9.17, 15) is 9.59 Å². The monoisotopic (exact) mass is 302 g/mol. The number of nitrogens with one attached hydrogen (secondary N) is 1. The molecule has 1 aromatic rings. The molecular weight excluding hydrogens is 284 g/mol. The summed E-state index contributed by atoms with van der Waals surface area (Å²) in [5.41, 5.74) is -0.642. The molecule has 5 rings (SSSR count). The average Bonchev–Trinajstić information content (AvgIpc) is 3.34. The summed E-state index contributed by atoms with van der Waals surface area (Å²) in [6.45, 7) is 0.0889. The number of carbonyl (C=O) groups excluding carboxylic acids is 2. The zero-order valence-electron chi connectivity index (χ0n) is 12.2. The van der Waals surface area contributed by atoms with Crippen molar-refractivity contribution in [2.75, 3.05) is 0 Å². The van der Waals surface area contributed by atoms with Gasteiger partial charge in [0.1, 0.15) is 12.1 Å². The third kappa shape index (κ3) is 1.74. The van der Waals surface area contributed by atoms with Gasteiger partial charge in [-0.3, -0.25) is 9.69 Å². The lowest BCUT2D eigenvalue weighted by Gasteiger charge is -2.26. The van der Waals surface area contributed by atoms with Crippen LogP contribution in [0.25, 0.3) is 0 Å². The number of urea groups is 1. The lowest BCUT2D eigenvalue weighted by Crippen LogP contribution is -2.51. The van der Waals surface area contributed by atoms with Gasteiger partial charge in [0.2, 0.25) is 5.89 Å². The topological polar surface area (TPSA) is 88.3 Å². The molecule has 116 valence electrons. The summed E-state index contributed by atoms with van der Waals surface area (Å²) in [5, 5.41) is 6.95. The Morgan fingerprint density at radius 2 is 1.82 bits per heavy atom. The van der Waals surface area contributed by atoms with Crippen LogP contribution in [0.1, 0.15) is 56.2 Å². The van der Waals surface area contributed by atoms with Crippen LogP contribution in [0.3, 0.4) is 0 Å². The van der Waals surface area contributed by atoms with E-state index >= 15 is 0 Å². The second kappa shape index (κ2) is 4.08. The molecule has 3 amide bonds. The van der Waals surface area contributed by atoms with Crippen LogP contribution in [-0.2, 0) is 11.3 Å². The highest BCUT2D eigenvalue weighted by Crippen LogP contribution is 2.54. The van der Waals surface area contributed by atoms with E-state index in [-0.39, 0.29) is 18.5 Å². The van der Waals surface area contributed by atoms with Crippen molar-refractivity contribution in [3.63, 3.8) is 0 Å². The van der Waals surface area contributed by atoms with E-state index in [4.69, 9.17) is 4.52 Å². The predicted molar refractivity (Wildman–Crippen MR) is 73.5 cm³/mol. The summed E-state index contributed by atoms with van der Waals surface area (Å²) in [4.78, 5) is 30.8. The second-order valence-corrected chi connectivity index (χ2v) is 7.06. The van der Waals surface area contributed by atoms with Crippen molar-refractivity contribution in [3.05, 3.63) is 11.7 Å². The number of aromatic nitrogens is 2. The zero-order valence-corrected chi connectivity index (χ0v) is 12.2. The number of imide groups is 1. The van der Waals surface area contributed by atoms with E-state index in [1.165, 1.54) is 4.90 Å². The quantitative estimate of drug-likeness (QED) is 0.834. The number of hydrogen-bond acceptors (Lipinski definition) is 5. The molecule has 0 unspecified atom stereocenters. The first-order chi connectivity index (χ1) is 10.7. The Bertz CT molecular complexity index is 645. The van der Waals surface area contributed by atoms with Crippen molar-refractivity contribution in [3.8, 4) is 0 Å². The van der Waals surface area contributed by atoms with Crippen molar-refractivity contribution in [1.29, 1.82) is 0 Å². The molecule has 3 saturated carbocycles. The highest BCUT2D eigenvalue weighted by molar-refractivity contribution is 6.07. The predicted octanol–water partition coefficient (Wildman–Crippen LogP) is 1.56. The Morgan fingerprint density at radius 3 is 2.41 bits per heavy atom. The molecule has 0 bridgehead atoms. The van der Waals surface area contributed by atoms with Crippen molar-refractivity contribution in [1.82, 2.24) is 20.4 Å². The number of rotatable bonds is 5. The lowest BCUT2D eigenvalue weighted by molar-refractivity contribution is -0.133. The third-order valence-corrected chi connectivity index (χ3v) is 5.32. The smallest absolute Gasteiger partial charge is 0.325 e. The first-order valence-corrected chi connectivity index (χ1v) is 8.15. The van der Waals surface area contributed by atoms with Crippen molar-refractivity contribution < 1.29 is 14.1 Å². The summed E-state index contributed by atoms with van der Waals surface area (Å²) in [7, 11) is 0. The van der Waals surface area contributed by atoms with Gasteiger partial charge in [0, 0.05) is 5.92 Å². The molecule has 1 aliphatic heterocycles. The maximum absolute atomic E-state index is 12.9. The van der Waals surface area contributed by atoms with Crippen molar-refractivity contribution in [2.24, 2.45) is 11.8 Å². The highest BCUT2D eigenvalue weighted by atomic mass is 16.5. The van der Waals surface area contributed by atoms with Gasteiger partial charge in [-0.25, -0.2) is 4.79 Å². The highest BCUT2D eigenvalue weighted by Gasteiger charge is 2.65. The van der Waals surface area contributed by atoms with Gasteiger partial charge in [0.05, 0.1) is 0 Å². The van der Waals surface area contributed by atoms with Gasteiger partial charge in [-0.05, 0) is 50.4 Å². The molecule has 1 saturated heterocycles. The summed E-state index contributed by atoms with van der Waals surface area (Å²) in [5.74, 6) is 1.99. The van der Waals surface area contributed by atoms with Gasteiger partial charge in [0.15, 0.2) is 5.82 Å². The molecule has 7 nitrogen and oxygen atoms in total. The van der Waals surface area contributed by atoms with Crippen LogP contribution in [0.4, 0.5) is 4.79 Å². The Hall–Kier alpha value is -1.92. The second-order valence-electron chi connectivity index (χ2n) is 7.06. The zero-order chi connectivity index (χ0) is 14.9. The van der Waals surface area contributed by atoms with E-state index in [1.54, 1.807) is 0 Å². The number of hydrogen-bond donors (Lipinski definition) is 1. The van der Waals surface area contributed by atoms with E-state index in [2.05, 4.69) is 15.5 Å². The SMILES string of the molecule is O=C1NC(C2CC2)(C2CC2)C(=O)N1Cc1nc(C2CC2)no1. The molecule has 3 aliphatic carbocycles. The van der Waals surface area contributed by atoms with Gasteiger partial charge in [-0.1, -0.05) is 5.16 Å². The van der Waals surface area contributed by atoms with Crippen LogP contribution in [0.15, 0.2) is 4.52 Å². The Balaban J connectivity index is 1.39. The maximum Gasteiger partial charge on any atom is 0.325 e. The molecule has 0 aromatic carbocycles. The maximum atomic E-state index is 12.9. The fourth-order valence-corrected chi connectivity index (χ4v) is 3.70. The van der Waals surface area contributed by atoms with Crippen LogP contribution in [0.5, 0.6) is 0 Å².